The fourth-order valence-electron chi connectivity index (χ4n) is 3.35. The fraction of sp³-hybridized carbons (Fsp3) is 0.688. The molecule has 0 aliphatic carbocycles. The first-order chi connectivity index (χ1) is 11.3. The van der Waals surface area contributed by atoms with Crippen molar-refractivity contribution in [2.45, 2.75) is 37.5 Å². The van der Waals surface area contributed by atoms with Crippen LogP contribution in [0.25, 0.3) is 0 Å². The molecular formula is C16H23FN2O4S. The summed E-state index contributed by atoms with van der Waals surface area (Å²) in [4.78, 5) is 3.86. The normalized spacial score (nSPS) is 23.6. The topological polar surface area (TPSA) is 68.7 Å². The monoisotopic (exact) mass is 358 g/mol. The zero-order valence-electron chi connectivity index (χ0n) is 13.9. The lowest BCUT2D eigenvalue weighted by Gasteiger charge is -2.49. The number of ether oxygens (including phenoxy) is 2. The van der Waals surface area contributed by atoms with Gasteiger partial charge in [0.05, 0.1) is 17.5 Å². The molecule has 1 aromatic rings. The number of hydrogen-bond donors (Lipinski definition) is 0. The second-order valence-corrected chi connectivity index (χ2v) is 9.18. The molecule has 2 aliphatic rings. The van der Waals surface area contributed by atoms with Crippen molar-refractivity contribution in [3.05, 3.63) is 24.1 Å². The summed E-state index contributed by atoms with van der Waals surface area (Å²) in [6, 6.07) is 2.82. The van der Waals surface area contributed by atoms with Gasteiger partial charge in [0.25, 0.3) is 0 Å². The maximum Gasteiger partial charge on any atom is 0.250 e. The second kappa shape index (κ2) is 6.57. The van der Waals surface area contributed by atoms with Gasteiger partial charge in [0.15, 0.2) is 5.82 Å². The van der Waals surface area contributed by atoms with Gasteiger partial charge in [0.2, 0.25) is 15.9 Å². The number of aromatic nitrogens is 1. The van der Waals surface area contributed by atoms with Crippen LogP contribution < -0.4 is 4.74 Å². The molecule has 1 atom stereocenters. The van der Waals surface area contributed by atoms with E-state index in [4.69, 9.17) is 9.47 Å². The van der Waals surface area contributed by atoms with E-state index in [1.807, 2.05) is 0 Å². The van der Waals surface area contributed by atoms with E-state index in [1.165, 1.54) is 22.6 Å². The molecular weight excluding hydrogens is 335 g/mol. The smallest absolute Gasteiger partial charge is 0.250 e. The van der Waals surface area contributed by atoms with Crippen molar-refractivity contribution in [2.24, 2.45) is 5.92 Å². The van der Waals surface area contributed by atoms with Crippen LogP contribution >= 0.6 is 0 Å². The number of halogens is 1. The molecule has 2 saturated heterocycles. The molecule has 3 heterocycles. The lowest BCUT2D eigenvalue weighted by atomic mass is 9.80. The molecule has 3 rings (SSSR count). The van der Waals surface area contributed by atoms with Gasteiger partial charge in [0, 0.05) is 25.9 Å². The van der Waals surface area contributed by atoms with Gasteiger partial charge in [0.1, 0.15) is 0 Å². The summed E-state index contributed by atoms with van der Waals surface area (Å²) < 4.78 is 50.7. The predicted molar refractivity (Wildman–Crippen MR) is 86.7 cm³/mol. The van der Waals surface area contributed by atoms with Crippen LogP contribution in [0.5, 0.6) is 5.88 Å². The molecule has 0 amide bonds. The molecule has 8 heteroatoms. The molecule has 24 heavy (non-hydrogen) atoms. The van der Waals surface area contributed by atoms with Crippen LogP contribution in [-0.2, 0) is 14.8 Å². The van der Waals surface area contributed by atoms with E-state index in [0.717, 1.165) is 6.42 Å². The molecule has 0 saturated carbocycles. The number of pyridine rings is 1. The van der Waals surface area contributed by atoms with E-state index in [1.54, 1.807) is 13.8 Å². The molecule has 2 fully saturated rings. The maximum absolute atomic E-state index is 13.5. The van der Waals surface area contributed by atoms with Gasteiger partial charge in [-0.15, -0.1) is 0 Å². The van der Waals surface area contributed by atoms with Crippen molar-refractivity contribution < 1.29 is 22.3 Å². The van der Waals surface area contributed by atoms with Crippen molar-refractivity contribution >= 4 is 10.0 Å². The fourth-order valence-corrected chi connectivity index (χ4v) is 4.74. The van der Waals surface area contributed by atoms with Gasteiger partial charge in [-0.1, -0.05) is 0 Å². The third kappa shape index (κ3) is 3.14. The minimum Gasteiger partial charge on any atom is -0.476 e. The van der Waals surface area contributed by atoms with Crippen molar-refractivity contribution in [3.63, 3.8) is 0 Å². The number of rotatable bonds is 6. The lowest BCUT2D eigenvalue weighted by Crippen LogP contribution is -2.66. The van der Waals surface area contributed by atoms with Crippen molar-refractivity contribution in [2.75, 3.05) is 26.3 Å². The van der Waals surface area contributed by atoms with Crippen molar-refractivity contribution in [3.8, 4) is 5.88 Å². The minimum atomic E-state index is -3.23. The third-order valence-corrected chi connectivity index (χ3v) is 7.04. The van der Waals surface area contributed by atoms with Gasteiger partial charge < -0.3 is 9.47 Å². The Hall–Kier alpha value is -1.25. The largest absolute Gasteiger partial charge is 0.476 e. The molecule has 1 aromatic heterocycles. The van der Waals surface area contributed by atoms with Crippen LogP contribution in [0.4, 0.5) is 4.39 Å². The first-order valence-electron chi connectivity index (χ1n) is 8.21. The van der Waals surface area contributed by atoms with E-state index in [-0.39, 0.29) is 11.8 Å². The SMILES string of the molecule is CC(C)S(=O)(=O)N1CC2(C1)OCCC2CCOc1ncccc1F. The van der Waals surface area contributed by atoms with Crippen LogP contribution in [0.15, 0.2) is 18.3 Å². The van der Waals surface area contributed by atoms with Crippen LogP contribution in [0, 0.1) is 11.7 Å². The van der Waals surface area contributed by atoms with Crippen LogP contribution in [0.1, 0.15) is 26.7 Å². The summed E-state index contributed by atoms with van der Waals surface area (Å²) >= 11 is 0. The zero-order valence-corrected chi connectivity index (χ0v) is 14.8. The molecule has 0 bridgehead atoms. The highest BCUT2D eigenvalue weighted by molar-refractivity contribution is 7.89. The average Bonchev–Trinajstić information content (AvgIpc) is 2.91. The van der Waals surface area contributed by atoms with Crippen LogP contribution in [0.2, 0.25) is 0 Å². The van der Waals surface area contributed by atoms with Gasteiger partial charge in [-0.25, -0.2) is 17.8 Å². The Morgan fingerprint density at radius 3 is 2.92 bits per heavy atom. The first kappa shape index (κ1) is 17.6. The van der Waals surface area contributed by atoms with Crippen molar-refractivity contribution in [1.29, 1.82) is 0 Å². The zero-order chi connectivity index (χ0) is 17.4. The van der Waals surface area contributed by atoms with Crippen LogP contribution in [-0.4, -0.2) is 54.9 Å². The summed E-state index contributed by atoms with van der Waals surface area (Å²) in [5.41, 5.74) is -0.409. The van der Waals surface area contributed by atoms with Crippen LogP contribution in [0.3, 0.4) is 0 Å². The number of nitrogens with zero attached hydrogens (tertiary/aromatic N) is 2. The van der Waals surface area contributed by atoms with Crippen molar-refractivity contribution in [1.82, 2.24) is 9.29 Å². The molecule has 1 unspecified atom stereocenters. The molecule has 0 aromatic carbocycles. The summed E-state index contributed by atoms with van der Waals surface area (Å²) in [6.07, 6.45) is 3.04. The molecule has 134 valence electrons. The van der Waals surface area contributed by atoms with E-state index >= 15 is 0 Å². The Morgan fingerprint density at radius 1 is 1.50 bits per heavy atom. The summed E-state index contributed by atoms with van der Waals surface area (Å²) in [7, 11) is -3.23. The molecule has 2 aliphatic heterocycles. The van der Waals surface area contributed by atoms with Gasteiger partial charge in [-0.2, -0.15) is 4.31 Å². The average molecular weight is 358 g/mol. The Kier molecular flexibility index (Phi) is 4.81. The van der Waals surface area contributed by atoms with Gasteiger partial charge in [-0.05, 0) is 44.7 Å². The Bertz CT molecular complexity index is 689. The quantitative estimate of drug-likeness (QED) is 0.776. The molecule has 0 N–H and O–H groups in total. The molecule has 1 spiro atoms. The Balaban J connectivity index is 1.55. The van der Waals surface area contributed by atoms with Gasteiger partial charge >= 0.3 is 0 Å². The predicted octanol–water partition coefficient (Wildman–Crippen LogP) is 1.82. The highest BCUT2D eigenvalue weighted by atomic mass is 32.2. The van der Waals surface area contributed by atoms with E-state index < -0.39 is 26.7 Å². The van der Waals surface area contributed by atoms with E-state index in [0.29, 0.717) is 32.7 Å². The first-order valence-corrected chi connectivity index (χ1v) is 9.72. The van der Waals surface area contributed by atoms with E-state index in [9.17, 15) is 12.8 Å². The minimum absolute atomic E-state index is 0.00286. The summed E-state index contributed by atoms with van der Waals surface area (Å²) in [6.45, 7) is 5.12. The van der Waals surface area contributed by atoms with Gasteiger partial charge in [-0.3, -0.25) is 0 Å². The lowest BCUT2D eigenvalue weighted by molar-refractivity contribution is -0.104. The maximum atomic E-state index is 13.5. The number of hydrogen-bond acceptors (Lipinski definition) is 5. The number of sulfonamides is 1. The summed E-state index contributed by atoms with van der Waals surface area (Å²) in [5.74, 6) is -0.265. The Labute approximate surface area is 142 Å². The molecule has 0 radical (unpaired) electrons. The highest BCUT2D eigenvalue weighted by Crippen LogP contribution is 2.43. The highest BCUT2D eigenvalue weighted by Gasteiger charge is 2.56. The second-order valence-electron chi connectivity index (χ2n) is 6.69. The van der Waals surface area contributed by atoms with E-state index in [2.05, 4.69) is 4.98 Å². The third-order valence-electron chi connectivity index (χ3n) is 4.87. The standard InChI is InChI=1S/C16H23FN2O4S/c1-12(2)24(20,21)19-10-16(11-19)13(6-9-23-16)5-8-22-15-14(17)4-3-7-18-15/h3-4,7,12-13H,5-6,8-11H2,1-2H3. The summed E-state index contributed by atoms with van der Waals surface area (Å²) in [5, 5.41) is -0.426. The molecule has 6 nitrogen and oxygen atoms in total. The Morgan fingerprint density at radius 2 is 2.25 bits per heavy atom.